The first kappa shape index (κ1) is 60.1. The van der Waals surface area contributed by atoms with Crippen LogP contribution in [0.2, 0.25) is 0 Å². The Labute approximate surface area is 443 Å². The van der Waals surface area contributed by atoms with E-state index >= 15 is 0 Å². The number of hydrogen-bond acceptors (Lipinski definition) is 25. The Balaban J connectivity index is 1.11. The summed E-state index contributed by atoms with van der Waals surface area (Å²) < 4.78 is 73.0. The maximum absolute atomic E-state index is 13.1. The van der Waals surface area contributed by atoms with Crippen LogP contribution in [-0.2, 0) is 102 Å². The van der Waals surface area contributed by atoms with Gasteiger partial charge in [-0.05, 0) is 74.9 Å². The number of aliphatic hydroxyl groups is 1. The van der Waals surface area contributed by atoms with Gasteiger partial charge in [0.25, 0.3) is 16.7 Å². The molecule has 10 N–H and O–H groups in total. The van der Waals surface area contributed by atoms with Crippen molar-refractivity contribution >= 4 is 91.2 Å². The molecule has 14 atom stereocenters. The Kier molecular flexibility index (Phi) is 19.6. The number of aromatic nitrogens is 8. The number of nitrogens with zero attached hydrogens (tertiary/aromatic N) is 5. The second-order valence-corrected chi connectivity index (χ2v) is 28.2. The number of nitrogens with one attached hydrogen (secondary N) is 3. The highest BCUT2D eigenvalue weighted by Crippen LogP contribution is 2.54. The minimum absolute atomic E-state index is 0.0415. The van der Waals surface area contributed by atoms with Crippen molar-refractivity contribution in [3.05, 3.63) is 81.9 Å². The third-order valence-corrected chi connectivity index (χ3v) is 17.7. The van der Waals surface area contributed by atoms with Crippen LogP contribution in [-0.4, -0.2) is 152 Å². The van der Waals surface area contributed by atoms with E-state index in [1.165, 1.54) is 44.2 Å². The third kappa shape index (κ3) is 15.0. The number of nitrogens with two attached hydrogens (primary N) is 1. The van der Waals surface area contributed by atoms with Gasteiger partial charge >= 0.3 is 38.3 Å². The van der Waals surface area contributed by atoms with E-state index in [0.717, 1.165) is 9.13 Å². The van der Waals surface area contributed by atoms with E-state index in [0.29, 0.717) is 0 Å². The van der Waals surface area contributed by atoms with Crippen LogP contribution >= 0.6 is 26.9 Å². The first-order valence-electron chi connectivity index (χ1n) is 22.2. The van der Waals surface area contributed by atoms with Gasteiger partial charge in [-0.25, -0.2) is 14.6 Å². The number of methoxy groups -OCH3 is 1. The molecule has 39 heteroatoms. The van der Waals surface area contributed by atoms with Crippen molar-refractivity contribution in [2.24, 2.45) is 0 Å². The number of aromatic amines is 3. The highest BCUT2D eigenvalue weighted by molar-refractivity contribution is 8.08. The number of aliphatic hydroxyl groups excluding tert-OH is 1. The molecule has 0 amide bonds. The first-order chi connectivity index (χ1) is 35.1. The van der Waals surface area contributed by atoms with Crippen LogP contribution < -0.4 is 33.8 Å². The van der Waals surface area contributed by atoms with Crippen LogP contribution in [0.1, 0.15) is 56.5 Å². The Morgan fingerprint density at radius 2 is 1.21 bits per heavy atom. The molecular formula is C36H53N9O22P4S4. The zero-order chi connectivity index (χ0) is 54.9. The molecular weight excluding hydrogens is 1160 g/mol. The summed E-state index contributed by atoms with van der Waals surface area (Å²) >= 11 is 21.2. The quantitative estimate of drug-likeness (QED) is 0.0396. The van der Waals surface area contributed by atoms with Gasteiger partial charge in [0, 0.05) is 43.5 Å². The summed E-state index contributed by atoms with van der Waals surface area (Å²) in [6.45, 7) is -13.6. The van der Waals surface area contributed by atoms with E-state index < -0.39 is 155 Å². The van der Waals surface area contributed by atoms with Gasteiger partial charge in [0.05, 0.1) is 57.7 Å². The predicted octanol–water partition coefficient (Wildman–Crippen LogP) is -0.587. The van der Waals surface area contributed by atoms with Gasteiger partial charge in [0.15, 0.2) is 17.4 Å². The van der Waals surface area contributed by atoms with Crippen LogP contribution in [0.25, 0.3) is 11.2 Å². The van der Waals surface area contributed by atoms with Crippen molar-refractivity contribution in [3.8, 4) is 0 Å². The number of fused-ring (bicyclic) bond motifs is 1. The van der Waals surface area contributed by atoms with E-state index in [2.05, 4.69) is 24.9 Å². The molecule has 31 nitrogen and oxygen atoms in total. The molecule has 0 spiro atoms. The maximum atomic E-state index is 13.1. The average molecular weight is 1220 g/mol. The van der Waals surface area contributed by atoms with E-state index in [1.807, 2.05) is 0 Å². The van der Waals surface area contributed by atoms with Crippen LogP contribution in [0, 0.1) is 13.8 Å². The standard InChI is InChI=1S/C36H53N9O22P4S4/c1-16(2)64-69(53,73)58-12-22-20(9-25(62-22)45-15-38-26-29(45)39-34(37)40-32(26)49)66-70(54,74)59-13-21-19(8-24(61-21)43-10-17(3)30(47)41-35(43)50)65-71(55,75)60-14-23-27(67-68(52,72)57-7-6-46)28(56-5)33(63-23)44-11-18(4)31(48)42-36(44)51/h10-11,15-16,19-25,27-28,33,46H,6-9,12-14H2,1-5H3,(H,52,72)(H,53,73)(H,54,74)(H,55,75)(H,41,47,50)(H,42,48,51)(H3,37,39,40,49)/t19?,20?,21-,22-,23-,24-,25-,27?,28+,33-,68?,69?,70?,71?/m1/s1. The van der Waals surface area contributed by atoms with Gasteiger partial charge in [-0.1, -0.05) is 0 Å². The summed E-state index contributed by atoms with van der Waals surface area (Å²) in [4.78, 5) is 123. The van der Waals surface area contributed by atoms with Gasteiger partial charge in [0.1, 0.15) is 43.0 Å². The lowest BCUT2D eigenvalue weighted by molar-refractivity contribution is -0.0637. The maximum Gasteiger partial charge on any atom is 0.330 e. The summed E-state index contributed by atoms with van der Waals surface area (Å²) in [5.74, 6) is -0.213. The lowest BCUT2D eigenvalue weighted by Gasteiger charge is -2.28. The molecule has 0 saturated carbocycles. The molecule has 3 aliphatic rings. The van der Waals surface area contributed by atoms with Crippen molar-refractivity contribution in [3.63, 3.8) is 0 Å². The number of ether oxygens (including phenoxy) is 4. The van der Waals surface area contributed by atoms with Crippen molar-refractivity contribution in [2.45, 2.75) is 108 Å². The Bertz CT molecular complexity index is 3230. The molecule has 3 fully saturated rings. The molecule has 3 saturated heterocycles. The fourth-order valence-corrected chi connectivity index (χ4v) is 14.0. The Hall–Kier alpha value is -2.57. The monoisotopic (exact) mass is 1220 g/mol. The average Bonchev–Trinajstić information content (AvgIpc) is 4.09. The number of imidazole rings is 1. The summed E-state index contributed by atoms with van der Waals surface area (Å²) in [6, 6.07) is 0. The zero-order valence-corrected chi connectivity index (χ0v) is 46.8. The number of hydrogen-bond donors (Lipinski definition) is 9. The fourth-order valence-electron chi connectivity index (χ4n) is 7.98. The highest BCUT2D eigenvalue weighted by atomic mass is 32.5. The smallest absolute Gasteiger partial charge is 0.330 e. The van der Waals surface area contributed by atoms with E-state index in [9.17, 15) is 48.7 Å². The molecule has 0 radical (unpaired) electrons. The molecule has 4 aromatic rings. The van der Waals surface area contributed by atoms with Crippen LogP contribution in [0.3, 0.4) is 0 Å². The predicted molar refractivity (Wildman–Crippen MR) is 274 cm³/mol. The topological polar surface area (TPSA) is 411 Å². The summed E-state index contributed by atoms with van der Waals surface area (Å²) in [5.41, 5.74) is 2.25. The SMILES string of the molecule is CO[C@H]1C(OP(O)(=S)OCCO)[C@@H](COP(O)(=S)OC2C[C@H](n3cc(C)c(=O)[nH]c3=O)O[C@@H]2COP(O)(=S)OC2C[C@H](n3cnc4c(=O)[nH]c(N)nc43)O[C@@H]2COP(O)(=S)OC(C)C)O[C@H]1n1cc(C)c(=O)[nH]c1=O. The summed E-state index contributed by atoms with van der Waals surface area (Å²) in [7, 11) is 1.23. The molecule has 0 aliphatic carbocycles. The van der Waals surface area contributed by atoms with Gasteiger partial charge in [-0.3, -0.25) is 47.6 Å². The lowest BCUT2D eigenvalue weighted by atomic mass is 10.1. The second-order valence-electron chi connectivity index (χ2n) is 17.1. The van der Waals surface area contributed by atoms with Crippen molar-refractivity contribution in [2.75, 3.05) is 45.9 Å². The highest BCUT2D eigenvalue weighted by Gasteiger charge is 2.51. The minimum atomic E-state index is -4.50. The number of rotatable bonds is 24. The Morgan fingerprint density at radius 1 is 0.707 bits per heavy atom. The van der Waals surface area contributed by atoms with Crippen molar-refractivity contribution in [1.29, 1.82) is 0 Å². The number of aryl methyl sites for hydroxylation is 2. The first-order valence-corrected chi connectivity index (χ1v) is 32.5. The largest absolute Gasteiger partial charge is 0.394 e. The Morgan fingerprint density at radius 3 is 1.76 bits per heavy atom. The van der Waals surface area contributed by atoms with Crippen molar-refractivity contribution in [1.82, 2.24) is 38.6 Å². The van der Waals surface area contributed by atoms with Crippen LogP contribution in [0.15, 0.2) is 42.7 Å². The summed E-state index contributed by atoms with van der Waals surface area (Å²) in [5, 5.41) is 9.30. The van der Waals surface area contributed by atoms with Gasteiger partial charge in [0.2, 0.25) is 5.95 Å². The fraction of sp³-hybridized carbons (Fsp3) is 0.639. The molecule has 4 aromatic heterocycles. The molecule has 7 heterocycles. The normalized spacial score (nSPS) is 28.4. The zero-order valence-electron chi connectivity index (χ0n) is 39.9. The molecule has 418 valence electrons. The molecule has 0 aromatic carbocycles. The third-order valence-electron chi connectivity index (χ3n) is 11.2. The number of nitrogen functional groups attached to an aromatic ring is 1. The molecule has 7 rings (SSSR count). The molecule has 75 heavy (non-hydrogen) atoms. The molecule has 0 bridgehead atoms. The summed E-state index contributed by atoms with van der Waals surface area (Å²) in [6.07, 6.45) is -9.97. The second kappa shape index (κ2) is 24.4. The van der Waals surface area contributed by atoms with E-state index in [-0.39, 0.29) is 41.1 Å². The minimum Gasteiger partial charge on any atom is -0.394 e. The van der Waals surface area contributed by atoms with Gasteiger partial charge < -0.3 is 81.0 Å². The van der Waals surface area contributed by atoms with E-state index in [1.54, 1.807) is 13.8 Å². The van der Waals surface area contributed by atoms with Crippen LogP contribution in [0.4, 0.5) is 5.95 Å². The number of H-pyrrole nitrogens is 3. The number of anilines is 1. The van der Waals surface area contributed by atoms with Gasteiger partial charge in [-0.15, -0.1) is 0 Å². The van der Waals surface area contributed by atoms with E-state index in [4.69, 9.17) is 108 Å². The van der Waals surface area contributed by atoms with Crippen LogP contribution in [0.5, 0.6) is 0 Å². The van der Waals surface area contributed by atoms with Gasteiger partial charge in [-0.2, -0.15) is 4.98 Å². The molecule has 3 aliphatic heterocycles. The molecule has 7 unspecified atom stereocenters. The lowest BCUT2D eigenvalue weighted by Crippen LogP contribution is -2.40. The van der Waals surface area contributed by atoms with Crippen molar-refractivity contribution < 1.29 is 79.8 Å².